The zero-order valence-corrected chi connectivity index (χ0v) is 29.1. The number of carboxylic acid groups (broad SMARTS) is 1. The highest BCUT2D eigenvalue weighted by Gasteiger charge is 2.59. The summed E-state index contributed by atoms with van der Waals surface area (Å²) in [4.78, 5) is 67.5. The van der Waals surface area contributed by atoms with Crippen LogP contribution < -0.4 is 11.1 Å². The molecule has 0 spiro atoms. The average Bonchev–Trinajstić information content (AvgIpc) is 3.48. The van der Waals surface area contributed by atoms with E-state index in [0.29, 0.717) is 16.0 Å². The quantitative estimate of drug-likeness (QED) is 0.0810. The molecule has 0 radical (unpaired) electrons. The second kappa shape index (κ2) is 14.6. The van der Waals surface area contributed by atoms with Crippen molar-refractivity contribution in [2.24, 2.45) is 5.73 Å². The summed E-state index contributed by atoms with van der Waals surface area (Å²) in [6.45, 7) is 0. The Balaban J connectivity index is 1.41. The number of nitrogens with two attached hydrogens (primary N) is 1. The standard InChI is InChI=1S/C27H22Cl2N6O10S4/c28-13-6-14(20(37)15(29)7-13)21(38)34(22(39)17(30)11-4-2-1-3-5-11)19-23(40)35-18(25(41)42)12(8-46-24(19)35)9-47-27-33-32-26(48-27)31-16(36)10-49(43,44)45/h1-7,17,19,24,37H,8-10,30H2,(H,41,42)(H,31,32,36)(H,43,44,45)/t17-,19?,24-/m1/s1. The third-order valence-corrected chi connectivity index (χ3v) is 11.5. The second-order valence-corrected chi connectivity index (χ2v) is 15.8. The van der Waals surface area contributed by atoms with E-state index in [1.54, 1.807) is 30.3 Å². The molecule has 1 fully saturated rings. The maximum atomic E-state index is 14.0. The van der Waals surface area contributed by atoms with Gasteiger partial charge in [-0.15, -0.1) is 22.0 Å². The number of amides is 4. The van der Waals surface area contributed by atoms with Gasteiger partial charge in [-0.25, -0.2) is 4.79 Å². The zero-order valence-electron chi connectivity index (χ0n) is 24.3. The molecule has 3 atom stereocenters. The van der Waals surface area contributed by atoms with Crippen LogP contribution in [0.2, 0.25) is 10.0 Å². The number of β-lactam (4-membered cyclic amide) rings is 1. The summed E-state index contributed by atoms with van der Waals surface area (Å²) in [5.74, 6) is -7.35. The number of hydrogen-bond acceptors (Lipinski definition) is 14. The molecule has 2 aliphatic rings. The van der Waals surface area contributed by atoms with Crippen LogP contribution in [0.15, 0.2) is 58.1 Å². The summed E-state index contributed by atoms with van der Waals surface area (Å²) >= 11 is 15.1. The van der Waals surface area contributed by atoms with Gasteiger partial charge in [-0.1, -0.05) is 76.6 Å². The maximum absolute atomic E-state index is 14.0. The lowest BCUT2D eigenvalue weighted by atomic mass is 9.97. The Kier molecular flexibility index (Phi) is 10.9. The van der Waals surface area contributed by atoms with E-state index < -0.39 is 74.2 Å². The number of imide groups is 1. The van der Waals surface area contributed by atoms with Crippen molar-refractivity contribution in [3.8, 4) is 5.75 Å². The van der Waals surface area contributed by atoms with Crippen LogP contribution in [0, 0.1) is 0 Å². The number of thioether (sulfide) groups is 2. The number of carbonyl (C=O) groups excluding carboxylic acids is 4. The Hall–Kier alpha value is -3.76. The van der Waals surface area contributed by atoms with Gasteiger partial charge < -0.3 is 15.9 Å². The minimum absolute atomic E-state index is 0.00125. The molecule has 3 aromatic rings. The van der Waals surface area contributed by atoms with Crippen molar-refractivity contribution in [2.45, 2.75) is 21.8 Å². The lowest BCUT2D eigenvalue weighted by Crippen LogP contribution is -2.72. The highest BCUT2D eigenvalue weighted by atomic mass is 35.5. The number of carbonyl (C=O) groups is 5. The number of nitrogens with one attached hydrogen (secondary N) is 1. The van der Waals surface area contributed by atoms with Crippen LogP contribution in [-0.2, 0) is 29.3 Å². The van der Waals surface area contributed by atoms with E-state index in [1.165, 1.54) is 6.07 Å². The molecule has 1 saturated heterocycles. The predicted molar refractivity (Wildman–Crippen MR) is 180 cm³/mol. The van der Waals surface area contributed by atoms with Crippen LogP contribution >= 0.6 is 58.1 Å². The van der Waals surface area contributed by atoms with Crippen LogP contribution in [0.5, 0.6) is 5.75 Å². The molecule has 1 aromatic heterocycles. The molecule has 3 heterocycles. The summed E-state index contributed by atoms with van der Waals surface area (Å²) in [7, 11) is -4.57. The topological polar surface area (TPSA) is 250 Å². The first-order valence-corrected chi connectivity index (χ1v) is 18.8. The molecular weight excluding hydrogens is 768 g/mol. The molecule has 49 heavy (non-hydrogen) atoms. The van der Waals surface area contributed by atoms with Gasteiger partial charge in [-0.05, 0) is 23.3 Å². The number of fused-ring (bicyclic) bond motifs is 1. The third-order valence-electron chi connectivity index (χ3n) is 6.98. The maximum Gasteiger partial charge on any atom is 0.352 e. The number of anilines is 1. The average molecular weight is 790 g/mol. The van der Waals surface area contributed by atoms with Gasteiger partial charge in [0.2, 0.25) is 11.0 Å². The van der Waals surface area contributed by atoms with Gasteiger partial charge in [-0.2, -0.15) is 8.42 Å². The van der Waals surface area contributed by atoms with Crippen LogP contribution in [0.1, 0.15) is 22.0 Å². The van der Waals surface area contributed by atoms with Crippen LogP contribution in [0.3, 0.4) is 0 Å². The number of rotatable bonds is 11. The summed E-state index contributed by atoms with van der Waals surface area (Å²) in [5.41, 5.74) is 6.03. The molecule has 1 unspecified atom stereocenters. The minimum atomic E-state index is -4.57. The fraction of sp³-hybridized carbons (Fsp3) is 0.222. The fourth-order valence-corrected chi connectivity index (χ4v) is 9.04. The van der Waals surface area contributed by atoms with Gasteiger partial charge in [0.15, 0.2) is 10.1 Å². The second-order valence-electron chi connectivity index (χ2n) is 10.2. The van der Waals surface area contributed by atoms with Crippen molar-refractivity contribution >= 4 is 103 Å². The molecule has 258 valence electrons. The zero-order chi connectivity index (χ0) is 35.8. The van der Waals surface area contributed by atoms with Crippen LogP contribution in [-0.4, -0.2) is 101 Å². The first kappa shape index (κ1) is 36.5. The minimum Gasteiger partial charge on any atom is -0.506 e. The lowest BCUT2D eigenvalue weighted by Gasteiger charge is -2.52. The number of phenolic OH excluding ortho intramolecular Hbond substituents is 1. The van der Waals surface area contributed by atoms with E-state index in [-0.39, 0.29) is 36.7 Å². The Morgan fingerprint density at radius 1 is 1.16 bits per heavy atom. The highest BCUT2D eigenvalue weighted by Crippen LogP contribution is 2.45. The molecule has 0 aliphatic carbocycles. The SMILES string of the molecule is N[C@@H](C(=O)N(C(=O)c1cc(Cl)cc(Cl)c1O)C1C(=O)N2C(C(=O)O)=C(CSc3nnc(NC(=O)CS(=O)(=O)O)s3)CS[C@H]12)c1ccccc1. The van der Waals surface area contributed by atoms with Crippen molar-refractivity contribution in [3.05, 3.63) is 74.9 Å². The number of nitrogens with zero attached hydrogens (tertiary/aromatic N) is 4. The fourth-order valence-electron chi connectivity index (χ4n) is 4.84. The van der Waals surface area contributed by atoms with Crippen LogP contribution in [0.25, 0.3) is 0 Å². The Bertz CT molecular complexity index is 2010. The molecule has 5 rings (SSSR count). The molecule has 4 amide bonds. The van der Waals surface area contributed by atoms with Gasteiger partial charge in [-0.3, -0.25) is 38.8 Å². The number of carboxylic acids is 1. The highest BCUT2D eigenvalue weighted by molar-refractivity contribution is 8.02. The van der Waals surface area contributed by atoms with Gasteiger partial charge in [0.25, 0.3) is 27.8 Å². The first-order valence-electron chi connectivity index (χ1n) is 13.5. The van der Waals surface area contributed by atoms with Crippen molar-refractivity contribution in [3.63, 3.8) is 0 Å². The summed E-state index contributed by atoms with van der Waals surface area (Å²) in [5, 5.41) is 29.1. The number of phenols is 1. The van der Waals surface area contributed by atoms with E-state index in [4.69, 9.17) is 33.5 Å². The van der Waals surface area contributed by atoms with E-state index in [0.717, 1.165) is 45.8 Å². The number of benzene rings is 2. The molecule has 16 nitrogen and oxygen atoms in total. The van der Waals surface area contributed by atoms with Crippen molar-refractivity contribution in [1.29, 1.82) is 0 Å². The van der Waals surface area contributed by atoms with Gasteiger partial charge >= 0.3 is 5.97 Å². The van der Waals surface area contributed by atoms with Crippen molar-refractivity contribution < 1.29 is 47.2 Å². The third kappa shape index (κ3) is 7.86. The number of aromatic nitrogens is 2. The van der Waals surface area contributed by atoms with Crippen molar-refractivity contribution in [2.75, 3.05) is 22.6 Å². The molecule has 0 saturated carbocycles. The summed E-state index contributed by atoms with van der Waals surface area (Å²) in [6, 6.07) is 7.34. The summed E-state index contributed by atoms with van der Waals surface area (Å²) < 4.78 is 30.9. The largest absolute Gasteiger partial charge is 0.506 e. The van der Waals surface area contributed by atoms with Crippen molar-refractivity contribution in [1.82, 2.24) is 20.0 Å². The van der Waals surface area contributed by atoms with E-state index in [9.17, 15) is 42.6 Å². The molecular formula is C27H22Cl2N6O10S4. The van der Waals surface area contributed by atoms with E-state index in [2.05, 4.69) is 15.5 Å². The molecule has 0 bridgehead atoms. The number of halogens is 2. The molecule has 2 aromatic carbocycles. The van der Waals surface area contributed by atoms with Gasteiger partial charge in [0.05, 0.1) is 10.6 Å². The van der Waals surface area contributed by atoms with E-state index in [1.807, 2.05) is 0 Å². The first-order chi connectivity index (χ1) is 23.1. The monoisotopic (exact) mass is 788 g/mol. The Morgan fingerprint density at radius 3 is 2.51 bits per heavy atom. The number of aliphatic carboxylic acids is 1. The summed E-state index contributed by atoms with van der Waals surface area (Å²) in [6.07, 6.45) is 0. The number of hydrogen-bond donors (Lipinski definition) is 5. The Labute approximate surface area is 299 Å². The normalized spacial score (nSPS) is 18.0. The predicted octanol–water partition coefficient (Wildman–Crippen LogP) is 2.46. The molecule has 22 heteroatoms. The van der Waals surface area contributed by atoms with Gasteiger partial charge in [0.1, 0.15) is 28.9 Å². The molecule has 2 aliphatic heterocycles. The number of aromatic hydroxyl groups is 1. The lowest BCUT2D eigenvalue weighted by molar-refractivity contribution is -0.157. The molecule has 6 N–H and O–H groups in total. The van der Waals surface area contributed by atoms with Crippen LogP contribution in [0.4, 0.5) is 5.13 Å². The smallest absolute Gasteiger partial charge is 0.352 e. The Morgan fingerprint density at radius 2 is 1.86 bits per heavy atom. The van der Waals surface area contributed by atoms with Gasteiger partial charge in [0, 0.05) is 16.5 Å². The van der Waals surface area contributed by atoms with E-state index >= 15 is 0 Å².